The van der Waals surface area contributed by atoms with Crippen LogP contribution in [0.5, 0.6) is 0 Å². The number of nitrogens with zero attached hydrogens (tertiary/aromatic N) is 2. The Labute approximate surface area is 108 Å². The molecule has 0 aromatic heterocycles. The van der Waals surface area contributed by atoms with E-state index in [-0.39, 0.29) is 5.91 Å². The minimum absolute atomic E-state index is 0.191. The summed E-state index contributed by atoms with van der Waals surface area (Å²) in [6.45, 7) is 5.54. The molecule has 2 heterocycles. The van der Waals surface area contributed by atoms with Crippen LogP contribution in [-0.2, 0) is 9.53 Å². The fourth-order valence-corrected chi connectivity index (χ4v) is 2.66. The summed E-state index contributed by atoms with van der Waals surface area (Å²) in [5, 5.41) is 0. The summed E-state index contributed by atoms with van der Waals surface area (Å²) in [5.41, 5.74) is 0. The SMILES string of the molecule is O=C(CCCl)N1CCN(C[C@H]2CCCO2)CC1. The average Bonchev–Trinajstić information content (AvgIpc) is 2.83. The third kappa shape index (κ3) is 3.83. The van der Waals surface area contributed by atoms with Gasteiger partial charge in [-0.2, -0.15) is 0 Å². The highest BCUT2D eigenvalue weighted by atomic mass is 35.5. The van der Waals surface area contributed by atoms with Gasteiger partial charge in [-0.15, -0.1) is 11.6 Å². The quantitative estimate of drug-likeness (QED) is 0.706. The van der Waals surface area contributed by atoms with Crippen molar-refractivity contribution < 1.29 is 9.53 Å². The molecule has 0 unspecified atom stereocenters. The lowest BCUT2D eigenvalue weighted by Gasteiger charge is -2.35. The molecule has 0 radical (unpaired) electrons. The third-order valence-electron chi connectivity index (χ3n) is 3.52. The van der Waals surface area contributed by atoms with Crippen molar-refractivity contribution in [3.63, 3.8) is 0 Å². The molecule has 2 aliphatic heterocycles. The molecule has 1 atom stereocenters. The molecule has 0 aromatic rings. The number of piperazine rings is 1. The molecule has 0 saturated carbocycles. The number of amides is 1. The number of hydrogen-bond acceptors (Lipinski definition) is 3. The van der Waals surface area contributed by atoms with Gasteiger partial charge in [0.1, 0.15) is 0 Å². The highest BCUT2D eigenvalue weighted by Crippen LogP contribution is 2.14. The van der Waals surface area contributed by atoms with Crippen molar-refractivity contribution in [2.75, 3.05) is 45.2 Å². The van der Waals surface area contributed by atoms with Crippen molar-refractivity contribution >= 4 is 17.5 Å². The molecule has 2 saturated heterocycles. The Morgan fingerprint density at radius 1 is 1.29 bits per heavy atom. The molecular weight excluding hydrogens is 240 g/mol. The van der Waals surface area contributed by atoms with Crippen LogP contribution in [0.2, 0.25) is 0 Å². The van der Waals surface area contributed by atoms with E-state index in [4.69, 9.17) is 16.3 Å². The molecule has 17 heavy (non-hydrogen) atoms. The van der Waals surface area contributed by atoms with Crippen molar-refractivity contribution in [1.29, 1.82) is 0 Å². The first-order valence-electron chi connectivity index (χ1n) is 6.47. The maximum absolute atomic E-state index is 11.6. The van der Waals surface area contributed by atoms with Crippen LogP contribution in [0.3, 0.4) is 0 Å². The van der Waals surface area contributed by atoms with E-state index in [0.29, 0.717) is 18.4 Å². The van der Waals surface area contributed by atoms with E-state index >= 15 is 0 Å². The minimum atomic E-state index is 0.191. The van der Waals surface area contributed by atoms with Crippen LogP contribution < -0.4 is 0 Å². The first-order chi connectivity index (χ1) is 8.29. The summed E-state index contributed by atoms with van der Waals surface area (Å²) in [6, 6.07) is 0. The normalized spacial score (nSPS) is 26.4. The van der Waals surface area contributed by atoms with Crippen LogP contribution >= 0.6 is 11.6 Å². The second-order valence-corrected chi connectivity index (χ2v) is 5.13. The Morgan fingerprint density at radius 2 is 2.06 bits per heavy atom. The predicted octanol–water partition coefficient (Wildman–Crippen LogP) is 0.938. The van der Waals surface area contributed by atoms with Crippen LogP contribution in [-0.4, -0.2) is 67.0 Å². The second kappa shape index (κ2) is 6.57. The highest BCUT2D eigenvalue weighted by molar-refractivity contribution is 6.18. The summed E-state index contributed by atoms with van der Waals surface area (Å²) in [5.74, 6) is 0.617. The zero-order valence-electron chi connectivity index (χ0n) is 10.2. The Bertz CT molecular complexity index is 249. The van der Waals surface area contributed by atoms with Gasteiger partial charge in [0.25, 0.3) is 0 Å². The standard InChI is InChI=1S/C12H21ClN2O2/c13-4-3-12(16)15-7-5-14(6-8-15)10-11-2-1-9-17-11/h11H,1-10H2/t11-/m1/s1. The van der Waals surface area contributed by atoms with E-state index in [1.165, 1.54) is 12.8 Å². The topological polar surface area (TPSA) is 32.8 Å². The summed E-state index contributed by atoms with van der Waals surface area (Å²) >= 11 is 5.58. The molecule has 1 amide bonds. The number of carbonyl (C=O) groups excluding carboxylic acids is 1. The lowest BCUT2D eigenvalue weighted by molar-refractivity contribution is -0.132. The predicted molar refractivity (Wildman–Crippen MR) is 67.3 cm³/mol. The van der Waals surface area contributed by atoms with E-state index in [9.17, 15) is 4.79 Å². The molecule has 0 aromatic carbocycles. The summed E-state index contributed by atoms with van der Waals surface area (Å²) in [4.78, 5) is 16.0. The van der Waals surface area contributed by atoms with Gasteiger partial charge >= 0.3 is 0 Å². The Morgan fingerprint density at radius 3 is 2.65 bits per heavy atom. The summed E-state index contributed by atoms with van der Waals surface area (Å²) in [6.07, 6.45) is 3.26. The minimum Gasteiger partial charge on any atom is -0.377 e. The van der Waals surface area contributed by atoms with Crippen LogP contribution in [0.25, 0.3) is 0 Å². The molecule has 0 N–H and O–H groups in total. The zero-order chi connectivity index (χ0) is 12.1. The first-order valence-corrected chi connectivity index (χ1v) is 7.01. The second-order valence-electron chi connectivity index (χ2n) is 4.76. The van der Waals surface area contributed by atoms with Crippen molar-refractivity contribution in [2.45, 2.75) is 25.4 Å². The molecule has 0 spiro atoms. The Hall–Kier alpha value is -0.320. The molecule has 2 rings (SSSR count). The van der Waals surface area contributed by atoms with E-state index in [1.54, 1.807) is 0 Å². The van der Waals surface area contributed by atoms with Gasteiger partial charge in [-0.3, -0.25) is 9.69 Å². The van der Waals surface area contributed by atoms with Crippen LogP contribution in [0.15, 0.2) is 0 Å². The molecular formula is C12H21ClN2O2. The zero-order valence-corrected chi connectivity index (χ0v) is 11.0. The van der Waals surface area contributed by atoms with Crippen molar-refractivity contribution in [1.82, 2.24) is 9.80 Å². The fourth-order valence-electron chi connectivity index (χ4n) is 2.50. The van der Waals surface area contributed by atoms with Gasteiger partial charge in [0.05, 0.1) is 6.10 Å². The van der Waals surface area contributed by atoms with Crippen LogP contribution in [0, 0.1) is 0 Å². The van der Waals surface area contributed by atoms with Gasteiger partial charge in [-0.05, 0) is 12.8 Å². The smallest absolute Gasteiger partial charge is 0.223 e. The van der Waals surface area contributed by atoms with Gasteiger partial charge in [-0.25, -0.2) is 0 Å². The number of hydrogen-bond donors (Lipinski definition) is 0. The van der Waals surface area contributed by atoms with Crippen LogP contribution in [0.4, 0.5) is 0 Å². The fraction of sp³-hybridized carbons (Fsp3) is 0.917. The molecule has 5 heteroatoms. The van der Waals surface area contributed by atoms with Gasteiger partial charge in [0, 0.05) is 51.6 Å². The largest absolute Gasteiger partial charge is 0.377 e. The molecule has 98 valence electrons. The third-order valence-corrected chi connectivity index (χ3v) is 3.71. The molecule has 0 aliphatic carbocycles. The number of alkyl halides is 1. The highest BCUT2D eigenvalue weighted by Gasteiger charge is 2.24. The summed E-state index contributed by atoms with van der Waals surface area (Å²) < 4.78 is 5.63. The number of rotatable bonds is 4. The van der Waals surface area contributed by atoms with E-state index < -0.39 is 0 Å². The van der Waals surface area contributed by atoms with Gasteiger partial charge in [0.2, 0.25) is 5.91 Å². The van der Waals surface area contributed by atoms with Crippen LogP contribution in [0.1, 0.15) is 19.3 Å². The lowest BCUT2D eigenvalue weighted by Crippen LogP contribution is -2.50. The maximum atomic E-state index is 11.6. The lowest BCUT2D eigenvalue weighted by atomic mass is 10.2. The van der Waals surface area contributed by atoms with Gasteiger partial charge in [-0.1, -0.05) is 0 Å². The number of ether oxygens (including phenoxy) is 1. The maximum Gasteiger partial charge on any atom is 0.223 e. The van der Waals surface area contributed by atoms with Crippen molar-refractivity contribution in [3.8, 4) is 0 Å². The number of halogens is 1. The Kier molecular flexibility index (Phi) is 5.07. The Balaban J connectivity index is 1.68. The van der Waals surface area contributed by atoms with Crippen molar-refractivity contribution in [3.05, 3.63) is 0 Å². The molecule has 4 nitrogen and oxygen atoms in total. The first kappa shape index (κ1) is 13.1. The summed E-state index contributed by atoms with van der Waals surface area (Å²) in [7, 11) is 0. The molecule has 2 aliphatic rings. The molecule has 0 bridgehead atoms. The van der Waals surface area contributed by atoms with Gasteiger partial charge < -0.3 is 9.64 Å². The monoisotopic (exact) mass is 260 g/mol. The van der Waals surface area contributed by atoms with E-state index in [2.05, 4.69) is 4.90 Å². The molecule has 2 fully saturated rings. The van der Waals surface area contributed by atoms with Crippen molar-refractivity contribution in [2.24, 2.45) is 0 Å². The number of carbonyl (C=O) groups is 1. The van der Waals surface area contributed by atoms with Gasteiger partial charge in [0.15, 0.2) is 0 Å². The average molecular weight is 261 g/mol. The van der Waals surface area contributed by atoms with E-state index in [1.807, 2.05) is 4.90 Å². The van der Waals surface area contributed by atoms with E-state index in [0.717, 1.165) is 39.3 Å².